The summed E-state index contributed by atoms with van der Waals surface area (Å²) in [5, 5.41) is -0.0899. The minimum Gasteiger partial charge on any atom is -0.354 e. The maximum absolute atomic E-state index is 12.2. The molecule has 0 atom stereocenters. The number of fused-ring (bicyclic) bond motifs is 8. The van der Waals surface area contributed by atoms with Crippen LogP contribution in [0, 0.1) is 13.8 Å². The van der Waals surface area contributed by atoms with Crippen molar-refractivity contribution in [2.24, 2.45) is 0 Å². The fourth-order valence-corrected chi connectivity index (χ4v) is 9.60. The molecule has 3 aromatic heterocycles. The number of hydrogen-bond donors (Lipinski definition) is 6. The number of allylic oxidation sites excluding steroid dienone is 4. The minimum atomic E-state index is -4.46. The third kappa shape index (κ3) is 6.68. The number of nitrogens with one attached hydrogen (secondary N) is 2. The smallest absolute Gasteiger partial charge is 0.354 e. The van der Waals surface area contributed by atoms with Crippen LogP contribution < -0.4 is 10.6 Å². The lowest BCUT2D eigenvalue weighted by Crippen LogP contribution is -2.03. The molecule has 2 aliphatic heterocycles. The summed E-state index contributed by atoms with van der Waals surface area (Å²) in [7, 11) is -8.91. The molecule has 0 unspecified atom stereocenters. The van der Waals surface area contributed by atoms with Crippen LogP contribution in [0.5, 0.6) is 0 Å². The lowest BCUT2D eigenvalue weighted by atomic mass is 9.93. The molecule has 0 spiro atoms. The number of rotatable bonds is 8. The van der Waals surface area contributed by atoms with Gasteiger partial charge in [0.15, 0.2) is 0 Å². The van der Waals surface area contributed by atoms with Gasteiger partial charge >= 0.3 is 15.2 Å². The largest absolute Gasteiger partial charge is 0.356 e. The highest BCUT2D eigenvalue weighted by Gasteiger charge is 2.27. The van der Waals surface area contributed by atoms with Crippen LogP contribution in [0.25, 0.3) is 66.6 Å². The van der Waals surface area contributed by atoms with E-state index in [1.807, 2.05) is 0 Å². The predicted octanol–water partition coefficient (Wildman–Crippen LogP) is 9.68. The van der Waals surface area contributed by atoms with Gasteiger partial charge in [-0.1, -0.05) is 52.0 Å². The summed E-state index contributed by atoms with van der Waals surface area (Å²) < 4.78 is 24.4. The average molecular weight is 791 g/mol. The molecule has 0 radical (unpaired) electrons. The maximum Gasteiger partial charge on any atom is 0.356 e. The molecule has 2 aromatic carbocycles. The van der Waals surface area contributed by atoms with Crippen molar-refractivity contribution in [3.8, 4) is 22.3 Å². The lowest BCUT2D eigenvalue weighted by Gasteiger charge is -2.11. The summed E-state index contributed by atoms with van der Waals surface area (Å²) in [5.41, 5.74) is 18.7. The van der Waals surface area contributed by atoms with E-state index < -0.39 is 15.2 Å². The number of aryl methyl sites for hydroxylation is 4. The van der Waals surface area contributed by atoms with Crippen molar-refractivity contribution < 1.29 is 28.7 Å². The monoisotopic (exact) mass is 790 g/mol. The molecule has 290 valence electrons. The molecule has 0 aliphatic carbocycles. The highest BCUT2D eigenvalue weighted by Crippen LogP contribution is 2.45. The van der Waals surface area contributed by atoms with Crippen LogP contribution in [0.1, 0.15) is 99.4 Å². The first-order valence-corrected chi connectivity index (χ1v) is 22.3. The van der Waals surface area contributed by atoms with Gasteiger partial charge in [-0.25, -0.2) is 9.97 Å². The van der Waals surface area contributed by atoms with E-state index >= 15 is 0 Å². The van der Waals surface area contributed by atoms with Gasteiger partial charge in [-0.3, -0.25) is 9.13 Å². The lowest BCUT2D eigenvalue weighted by molar-refractivity contribution is 0.385. The van der Waals surface area contributed by atoms with Crippen LogP contribution in [0.4, 0.5) is 0 Å². The van der Waals surface area contributed by atoms with Crippen molar-refractivity contribution >= 4 is 70.2 Å². The molecular weight excluding hydrogens is 742 g/mol. The van der Waals surface area contributed by atoms with Crippen molar-refractivity contribution in [1.82, 2.24) is 19.9 Å². The van der Waals surface area contributed by atoms with Gasteiger partial charge in [0.05, 0.1) is 44.4 Å². The number of hydrogen-bond acceptors (Lipinski definition) is 4. The van der Waals surface area contributed by atoms with Crippen molar-refractivity contribution in [1.29, 1.82) is 0 Å². The topological polar surface area (TPSA) is 172 Å². The van der Waals surface area contributed by atoms with Crippen LogP contribution >= 0.6 is 15.2 Å². The maximum atomic E-state index is 12.2. The molecule has 0 fully saturated rings. The molecule has 56 heavy (non-hydrogen) atoms. The molecule has 8 bridgehead atoms. The number of H-pyrrole nitrogens is 2. The Kier molecular flexibility index (Phi) is 10.4. The first-order chi connectivity index (χ1) is 26.5. The van der Waals surface area contributed by atoms with Crippen molar-refractivity contribution in [2.45, 2.75) is 81.1 Å². The van der Waals surface area contributed by atoms with Gasteiger partial charge in [-0.2, -0.15) is 0 Å². The van der Waals surface area contributed by atoms with Crippen molar-refractivity contribution in [3.05, 3.63) is 106 Å². The predicted molar refractivity (Wildman–Crippen MR) is 229 cm³/mol. The second kappa shape index (κ2) is 14.7. The molecule has 5 heterocycles. The zero-order valence-electron chi connectivity index (χ0n) is 33.0. The van der Waals surface area contributed by atoms with Crippen LogP contribution in [0.15, 0.2) is 60.7 Å². The zero-order valence-corrected chi connectivity index (χ0v) is 34.8. The van der Waals surface area contributed by atoms with Crippen LogP contribution in [0.2, 0.25) is 0 Å². The van der Waals surface area contributed by atoms with Gasteiger partial charge in [0.2, 0.25) is 0 Å². The van der Waals surface area contributed by atoms with E-state index in [4.69, 9.17) is 9.97 Å². The molecule has 0 saturated carbocycles. The average Bonchev–Trinajstić information content (AvgIpc) is 3.84. The van der Waals surface area contributed by atoms with Crippen LogP contribution in [0.3, 0.4) is 0 Å². The van der Waals surface area contributed by atoms with E-state index in [0.717, 1.165) is 137 Å². The Morgan fingerprint density at radius 3 is 1.21 bits per heavy atom. The normalized spacial score (nSPS) is 13.6. The summed E-state index contributed by atoms with van der Waals surface area (Å²) >= 11 is 0. The fourth-order valence-electron chi connectivity index (χ4n) is 8.52. The van der Waals surface area contributed by atoms with Gasteiger partial charge < -0.3 is 29.5 Å². The first kappa shape index (κ1) is 39.6. The van der Waals surface area contributed by atoms with E-state index in [0.29, 0.717) is 0 Å². The Balaban J connectivity index is 1.72. The summed E-state index contributed by atoms with van der Waals surface area (Å²) in [4.78, 5) is 58.1. The third-order valence-electron chi connectivity index (χ3n) is 11.5. The van der Waals surface area contributed by atoms with Gasteiger partial charge in [0.25, 0.3) is 0 Å². The molecule has 10 nitrogen and oxygen atoms in total. The molecule has 0 saturated heterocycles. The fraction of sp³-hybridized carbons (Fsp3) is 0.273. The molecule has 5 aromatic rings. The summed E-state index contributed by atoms with van der Waals surface area (Å²) in [5.74, 6) is 0. The van der Waals surface area contributed by atoms with Gasteiger partial charge in [0.1, 0.15) is 0 Å². The zero-order chi connectivity index (χ0) is 40.4. The Bertz CT molecular complexity index is 2640. The molecule has 12 heteroatoms. The minimum absolute atomic E-state index is 0.0389. The van der Waals surface area contributed by atoms with E-state index in [9.17, 15) is 28.7 Å². The van der Waals surface area contributed by atoms with E-state index in [2.05, 4.69) is 77.5 Å². The van der Waals surface area contributed by atoms with E-state index in [-0.39, 0.29) is 10.6 Å². The van der Waals surface area contributed by atoms with Gasteiger partial charge in [-0.15, -0.1) is 0 Å². The Morgan fingerprint density at radius 1 is 0.536 bits per heavy atom. The Hall–Kier alpha value is -4.66. The molecule has 6 N–H and O–H groups in total. The second-order valence-electron chi connectivity index (χ2n) is 14.6. The first-order valence-electron chi connectivity index (χ1n) is 19.0. The standard InChI is InChI=1S/C44H48N4O6P2/c1-9-31-23(5)41-39(27-13-17-29(18-14-27)55(49,50)51)42-25(7)33(11-3)37(47-42)22-38-34(12-4)26(8)44(48-38)40(28-15-19-30(20-16-28)56(52,53)54)43-24(6)32(10-2)36(46-43)21-35(31)45-41/h13-22,45,47H,9-12H2,1-8H3,(H2,49,50,51)(H2,52,53,54). The second-order valence-corrected chi connectivity index (χ2v) is 17.8. The highest BCUT2D eigenvalue weighted by atomic mass is 31.2. The molecule has 2 aliphatic rings. The van der Waals surface area contributed by atoms with E-state index in [1.165, 1.54) is 24.3 Å². The number of aromatic nitrogens is 4. The van der Waals surface area contributed by atoms with E-state index in [1.54, 1.807) is 24.3 Å². The highest BCUT2D eigenvalue weighted by molar-refractivity contribution is 7.60. The third-order valence-corrected chi connectivity index (χ3v) is 13.4. The SMILES string of the molecule is CCC1=C(C)c2nc1cc1[nH]c(c(C)c1CC)c(-c1ccc(P(=O)(O)O)cc1)c1[nH]c(cc3nc(c2-c2ccc(P(=O)(O)O)cc2)C(C)=C3CC)c(CC)c1C. The summed E-state index contributed by atoms with van der Waals surface area (Å²) in [6.45, 7) is 16.9. The molecule has 7 rings (SSSR count). The van der Waals surface area contributed by atoms with Crippen LogP contribution in [-0.2, 0) is 22.0 Å². The molecular formula is C44H48N4O6P2. The van der Waals surface area contributed by atoms with Gasteiger partial charge in [-0.05, 0) is 145 Å². The Labute approximate surface area is 326 Å². The summed E-state index contributed by atoms with van der Waals surface area (Å²) in [6.07, 6.45) is 2.95. The number of aromatic amines is 2. The van der Waals surface area contributed by atoms with Crippen molar-refractivity contribution in [2.75, 3.05) is 0 Å². The molecule has 0 amide bonds. The number of nitrogens with zero attached hydrogens (tertiary/aromatic N) is 2. The number of benzene rings is 2. The van der Waals surface area contributed by atoms with Crippen molar-refractivity contribution in [3.63, 3.8) is 0 Å². The van der Waals surface area contributed by atoms with Gasteiger partial charge in [0, 0.05) is 22.2 Å². The Morgan fingerprint density at radius 2 is 0.893 bits per heavy atom. The summed E-state index contributed by atoms with van der Waals surface area (Å²) in [6, 6.07) is 17.3. The van der Waals surface area contributed by atoms with Crippen LogP contribution in [-0.4, -0.2) is 39.5 Å². The quantitative estimate of drug-likeness (QED) is 0.0844.